The topological polar surface area (TPSA) is 69.4 Å². The lowest BCUT2D eigenvalue weighted by molar-refractivity contribution is -0.470. The minimum atomic E-state index is -0.782. The fourth-order valence-corrected chi connectivity index (χ4v) is 0.448. The zero-order valence-corrected chi connectivity index (χ0v) is 7.49. The van der Waals surface area contributed by atoms with Crippen LogP contribution in [0.15, 0.2) is 0 Å². The van der Waals surface area contributed by atoms with Gasteiger partial charge in [-0.05, 0) is 5.41 Å². The Balaban J connectivity index is 3.65. The summed E-state index contributed by atoms with van der Waals surface area (Å²) in [5.74, 6) is -0.782. The molecule has 0 saturated carbocycles. The van der Waals surface area contributed by atoms with E-state index in [1.807, 2.05) is 20.8 Å². The van der Waals surface area contributed by atoms with Crippen LogP contribution in [0.5, 0.6) is 0 Å². The van der Waals surface area contributed by atoms with Crippen molar-refractivity contribution in [3.63, 3.8) is 0 Å². The van der Waals surface area contributed by atoms with Gasteiger partial charge in [0.05, 0.1) is 6.61 Å². The van der Waals surface area contributed by atoms with E-state index in [0.29, 0.717) is 0 Å². The van der Waals surface area contributed by atoms with Crippen LogP contribution in [0.1, 0.15) is 20.8 Å². The van der Waals surface area contributed by atoms with Gasteiger partial charge in [0.2, 0.25) is 0 Å². The summed E-state index contributed by atoms with van der Waals surface area (Å²) in [6.45, 7) is 5.10. The smallest absolute Gasteiger partial charge is 0.378 e. The van der Waals surface area contributed by atoms with Crippen molar-refractivity contribution in [3.8, 4) is 0 Å². The number of ether oxygens (including phenoxy) is 1. The third-order valence-electron chi connectivity index (χ3n) is 0.924. The molecule has 0 aromatic heterocycles. The molecule has 0 aliphatic rings. The molecule has 0 aromatic rings. The summed E-state index contributed by atoms with van der Waals surface area (Å²) in [5, 5.41) is 9.84. The van der Waals surface area contributed by atoms with Gasteiger partial charge in [0, 0.05) is 4.92 Å². The average Bonchev–Trinajstić information content (AvgIpc) is 1.80. The molecule has 0 aromatic carbocycles. The van der Waals surface area contributed by atoms with E-state index in [9.17, 15) is 14.9 Å². The third kappa shape index (κ3) is 6.98. The van der Waals surface area contributed by atoms with Crippen LogP contribution < -0.4 is 0 Å². The average molecular weight is 175 g/mol. The molecule has 0 fully saturated rings. The molecular formula is C7H13NO4. The summed E-state index contributed by atoms with van der Waals surface area (Å²) in [4.78, 5) is 19.8. The Hall–Kier alpha value is -1.13. The Bertz CT molecular complexity index is 182. The highest BCUT2D eigenvalue weighted by molar-refractivity contribution is 5.70. The number of hydrogen-bond acceptors (Lipinski definition) is 4. The largest absolute Gasteiger partial charge is 0.460 e. The molecule has 0 bridgehead atoms. The molecule has 0 aliphatic heterocycles. The van der Waals surface area contributed by atoms with Crippen LogP contribution in [-0.4, -0.2) is 24.0 Å². The van der Waals surface area contributed by atoms with E-state index in [1.165, 1.54) is 0 Å². The fourth-order valence-electron chi connectivity index (χ4n) is 0.448. The molecular weight excluding hydrogens is 162 g/mol. The van der Waals surface area contributed by atoms with Gasteiger partial charge in [-0.1, -0.05) is 20.8 Å². The molecule has 0 atom stereocenters. The predicted molar refractivity (Wildman–Crippen MR) is 42.3 cm³/mol. The molecule has 0 saturated heterocycles. The van der Waals surface area contributed by atoms with Crippen molar-refractivity contribution >= 4 is 5.97 Å². The lowest BCUT2D eigenvalue weighted by Crippen LogP contribution is -2.23. The van der Waals surface area contributed by atoms with Gasteiger partial charge in [0.15, 0.2) is 0 Å². The number of nitro groups is 1. The summed E-state index contributed by atoms with van der Waals surface area (Å²) in [5.41, 5.74) is -0.147. The minimum Gasteiger partial charge on any atom is -0.460 e. The van der Waals surface area contributed by atoms with E-state index in [-0.39, 0.29) is 12.0 Å². The maximum atomic E-state index is 10.6. The summed E-state index contributed by atoms with van der Waals surface area (Å²) in [6.07, 6.45) is 0. The van der Waals surface area contributed by atoms with Crippen LogP contribution in [0, 0.1) is 15.5 Å². The van der Waals surface area contributed by atoms with E-state index in [0.717, 1.165) is 0 Å². The first-order valence-electron chi connectivity index (χ1n) is 3.59. The summed E-state index contributed by atoms with van der Waals surface area (Å²) in [7, 11) is 0. The molecule has 0 unspecified atom stereocenters. The molecule has 70 valence electrons. The molecule has 0 amide bonds. The molecule has 0 aliphatic carbocycles. The minimum absolute atomic E-state index is 0.147. The van der Waals surface area contributed by atoms with E-state index >= 15 is 0 Å². The van der Waals surface area contributed by atoms with E-state index in [2.05, 4.69) is 4.74 Å². The highest BCUT2D eigenvalue weighted by atomic mass is 16.6. The second-order valence-electron chi connectivity index (χ2n) is 3.71. The second kappa shape index (κ2) is 4.04. The Labute approximate surface area is 70.9 Å². The van der Waals surface area contributed by atoms with Crippen LogP contribution >= 0.6 is 0 Å². The Morgan fingerprint density at radius 3 is 2.33 bits per heavy atom. The van der Waals surface area contributed by atoms with Crippen molar-refractivity contribution in [2.45, 2.75) is 20.8 Å². The van der Waals surface area contributed by atoms with Gasteiger partial charge >= 0.3 is 5.97 Å². The number of nitrogens with zero attached hydrogens (tertiary/aromatic N) is 1. The monoisotopic (exact) mass is 175 g/mol. The molecule has 12 heavy (non-hydrogen) atoms. The zero-order chi connectivity index (χ0) is 9.78. The molecule has 0 radical (unpaired) electrons. The maximum Gasteiger partial charge on any atom is 0.378 e. The van der Waals surface area contributed by atoms with Crippen molar-refractivity contribution in [2.24, 2.45) is 5.41 Å². The molecule has 5 heteroatoms. The summed E-state index contributed by atoms with van der Waals surface area (Å²) >= 11 is 0. The van der Waals surface area contributed by atoms with E-state index in [1.54, 1.807) is 0 Å². The molecule has 0 heterocycles. The van der Waals surface area contributed by atoms with Crippen molar-refractivity contribution in [2.75, 3.05) is 13.2 Å². The number of esters is 1. The van der Waals surface area contributed by atoms with Gasteiger partial charge in [0.1, 0.15) is 0 Å². The van der Waals surface area contributed by atoms with Crippen molar-refractivity contribution in [3.05, 3.63) is 10.1 Å². The third-order valence-corrected chi connectivity index (χ3v) is 0.924. The summed E-state index contributed by atoms with van der Waals surface area (Å²) < 4.78 is 4.64. The SMILES string of the molecule is CC(C)(C)COC(=O)C[N+](=O)[O-]. The number of rotatable bonds is 3. The first-order chi connectivity index (χ1) is 5.31. The van der Waals surface area contributed by atoms with Crippen LogP contribution in [0.2, 0.25) is 0 Å². The van der Waals surface area contributed by atoms with Crippen LogP contribution in [0.25, 0.3) is 0 Å². The Morgan fingerprint density at radius 1 is 1.50 bits per heavy atom. The quantitative estimate of drug-likeness (QED) is 0.362. The van der Waals surface area contributed by atoms with Crippen molar-refractivity contribution < 1.29 is 14.5 Å². The highest BCUT2D eigenvalue weighted by Crippen LogP contribution is 2.12. The van der Waals surface area contributed by atoms with Gasteiger partial charge in [-0.2, -0.15) is 0 Å². The Kier molecular flexibility index (Phi) is 3.66. The van der Waals surface area contributed by atoms with E-state index in [4.69, 9.17) is 0 Å². The number of carbonyl (C=O) groups is 1. The first-order valence-corrected chi connectivity index (χ1v) is 3.59. The highest BCUT2D eigenvalue weighted by Gasteiger charge is 2.16. The molecule has 0 spiro atoms. The number of carbonyl (C=O) groups excluding carboxylic acids is 1. The molecule has 0 N–H and O–H groups in total. The van der Waals surface area contributed by atoms with Gasteiger partial charge < -0.3 is 4.74 Å². The van der Waals surface area contributed by atoms with Gasteiger partial charge in [-0.3, -0.25) is 10.1 Å². The van der Waals surface area contributed by atoms with Crippen molar-refractivity contribution in [1.29, 1.82) is 0 Å². The van der Waals surface area contributed by atoms with Crippen LogP contribution in [0.3, 0.4) is 0 Å². The van der Waals surface area contributed by atoms with E-state index < -0.39 is 17.4 Å². The summed E-state index contributed by atoms with van der Waals surface area (Å²) in [6, 6.07) is 0. The molecule has 5 nitrogen and oxygen atoms in total. The van der Waals surface area contributed by atoms with Gasteiger partial charge in [-0.25, -0.2) is 4.79 Å². The lowest BCUT2D eigenvalue weighted by atomic mass is 9.99. The first kappa shape index (κ1) is 10.9. The zero-order valence-electron chi connectivity index (χ0n) is 7.49. The normalized spacial score (nSPS) is 10.9. The van der Waals surface area contributed by atoms with Crippen molar-refractivity contribution in [1.82, 2.24) is 0 Å². The van der Waals surface area contributed by atoms with Crippen LogP contribution in [0.4, 0.5) is 0 Å². The maximum absolute atomic E-state index is 10.6. The predicted octanol–water partition coefficient (Wildman–Crippen LogP) is 0.852. The van der Waals surface area contributed by atoms with Crippen LogP contribution in [-0.2, 0) is 9.53 Å². The standard InChI is InChI=1S/C7H13NO4/c1-7(2,3)5-12-6(9)4-8(10)11/h4-5H2,1-3H3. The number of hydrogen-bond donors (Lipinski definition) is 0. The Morgan fingerprint density at radius 2 is 2.00 bits per heavy atom. The van der Waals surface area contributed by atoms with Gasteiger partial charge in [-0.15, -0.1) is 0 Å². The second-order valence-corrected chi connectivity index (χ2v) is 3.71. The lowest BCUT2D eigenvalue weighted by Gasteiger charge is -2.16. The van der Waals surface area contributed by atoms with Gasteiger partial charge in [0.25, 0.3) is 6.54 Å². The fraction of sp³-hybridized carbons (Fsp3) is 0.857. The molecule has 0 rings (SSSR count).